The molecule has 0 aromatic heterocycles. The summed E-state index contributed by atoms with van der Waals surface area (Å²) in [5, 5.41) is 6.15. The maximum Gasteiger partial charge on any atom is 0.387 e. The Morgan fingerprint density at radius 3 is 2.49 bits per heavy atom. The second-order valence-electron chi connectivity index (χ2n) is 9.69. The van der Waals surface area contributed by atoms with Crippen molar-refractivity contribution in [1.82, 2.24) is 10.2 Å². The van der Waals surface area contributed by atoms with E-state index >= 15 is 0 Å². The molecule has 2 saturated carbocycles. The van der Waals surface area contributed by atoms with Crippen LogP contribution in [0, 0.1) is 17.7 Å². The van der Waals surface area contributed by atoms with Crippen LogP contribution < -0.4 is 15.4 Å². The van der Waals surface area contributed by atoms with Crippen LogP contribution in [0.4, 0.5) is 18.9 Å². The second kappa shape index (κ2) is 9.53. The van der Waals surface area contributed by atoms with E-state index in [2.05, 4.69) is 15.4 Å². The topological polar surface area (TPSA) is 70.7 Å². The average molecular weight is 488 g/mol. The molecule has 3 aliphatic rings. The number of rotatable bonds is 9. The average Bonchev–Trinajstić information content (AvgIpc) is 3.77. The van der Waals surface area contributed by atoms with Crippen LogP contribution in [0.5, 0.6) is 5.75 Å². The van der Waals surface area contributed by atoms with Gasteiger partial charge in [-0.1, -0.05) is 30.3 Å². The van der Waals surface area contributed by atoms with Crippen LogP contribution in [0.25, 0.3) is 0 Å². The molecule has 1 aliphatic heterocycles. The van der Waals surface area contributed by atoms with Crippen molar-refractivity contribution in [3.8, 4) is 5.75 Å². The van der Waals surface area contributed by atoms with E-state index in [9.17, 15) is 22.8 Å². The first-order valence-electron chi connectivity index (χ1n) is 12.0. The van der Waals surface area contributed by atoms with Crippen molar-refractivity contribution in [2.24, 2.45) is 11.8 Å². The Morgan fingerprint density at radius 2 is 1.83 bits per heavy atom. The predicted octanol–water partition coefficient (Wildman–Crippen LogP) is 4.48. The van der Waals surface area contributed by atoms with Gasteiger partial charge in [-0.3, -0.25) is 14.9 Å². The molecular formula is C26H28F3N3O3. The third-order valence-electron chi connectivity index (χ3n) is 7.17. The lowest BCUT2D eigenvalue weighted by atomic mass is 10.0. The van der Waals surface area contributed by atoms with Gasteiger partial charge >= 0.3 is 6.61 Å². The Hall–Kier alpha value is -3.07. The summed E-state index contributed by atoms with van der Waals surface area (Å²) in [7, 11) is 0. The minimum Gasteiger partial charge on any atom is -0.432 e. The van der Waals surface area contributed by atoms with E-state index in [0.29, 0.717) is 12.3 Å². The van der Waals surface area contributed by atoms with Crippen molar-refractivity contribution >= 4 is 17.5 Å². The Bertz CT molecular complexity index is 1100. The van der Waals surface area contributed by atoms with Crippen molar-refractivity contribution < 1.29 is 27.5 Å². The molecule has 3 fully saturated rings. The van der Waals surface area contributed by atoms with E-state index in [1.807, 2.05) is 37.3 Å². The number of anilines is 1. The first-order valence-corrected chi connectivity index (χ1v) is 12.0. The highest BCUT2D eigenvalue weighted by molar-refractivity contribution is 5.99. The van der Waals surface area contributed by atoms with Gasteiger partial charge in [-0.25, -0.2) is 4.39 Å². The van der Waals surface area contributed by atoms with Gasteiger partial charge in [0.05, 0.1) is 6.04 Å². The van der Waals surface area contributed by atoms with Gasteiger partial charge in [0.2, 0.25) is 11.8 Å². The molecule has 35 heavy (non-hydrogen) atoms. The van der Waals surface area contributed by atoms with Crippen LogP contribution in [0.15, 0.2) is 48.5 Å². The van der Waals surface area contributed by atoms with Crippen LogP contribution in [0.2, 0.25) is 0 Å². The second-order valence-corrected chi connectivity index (χ2v) is 9.69. The number of likely N-dealkylation sites (tertiary alicyclic amines) is 1. The fourth-order valence-corrected chi connectivity index (χ4v) is 5.11. The summed E-state index contributed by atoms with van der Waals surface area (Å²) < 4.78 is 43.0. The molecular weight excluding hydrogens is 459 g/mol. The standard InChI is InChI=1S/C26H28F3N3O3/c1-14(15-5-3-2-4-6-15)30-23(16-7-8-16)25(34)32-20-11-17(20)12-21(32)24(33)31-18-9-10-22(19(27)13-18)35-26(28)29/h2-6,9-10,13-14,16-17,20-21,23,26,30H,7-8,11-12H2,1H3,(H,31,33)/t14?,17-,20-,21-,23+/m1/s1. The lowest BCUT2D eigenvalue weighted by molar-refractivity contribution is -0.140. The van der Waals surface area contributed by atoms with Crippen molar-refractivity contribution in [2.45, 2.75) is 63.4 Å². The summed E-state index contributed by atoms with van der Waals surface area (Å²) >= 11 is 0. The summed E-state index contributed by atoms with van der Waals surface area (Å²) in [6.07, 6.45) is 3.38. The Balaban J connectivity index is 1.28. The maximum absolute atomic E-state index is 14.1. The van der Waals surface area contributed by atoms with Gasteiger partial charge in [0.1, 0.15) is 6.04 Å². The van der Waals surface area contributed by atoms with E-state index in [1.165, 1.54) is 6.07 Å². The van der Waals surface area contributed by atoms with E-state index in [0.717, 1.165) is 37.0 Å². The summed E-state index contributed by atoms with van der Waals surface area (Å²) in [6.45, 7) is -1.12. The summed E-state index contributed by atoms with van der Waals surface area (Å²) in [6, 6.07) is 12.2. The van der Waals surface area contributed by atoms with Crippen LogP contribution >= 0.6 is 0 Å². The molecule has 0 bridgehead atoms. The molecule has 1 saturated heterocycles. The predicted molar refractivity (Wildman–Crippen MR) is 123 cm³/mol. The summed E-state index contributed by atoms with van der Waals surface area (Å²) in [4.78, 5) is 28.6. The highest BCUT2D eigenvalue weighted by Crippen LogP contribution is 2.49. The largest absolute Gasteiger partial charge is 0.432 e. The zero-order chi connectivity index (χ0) is 24.7. The monoisotopic (exact) mass is 487 g/mol. The van der Waals surface area contributed by atoms with Crippen molar-refractivity contribution in [3.05, 3.63) is 59.9 Å². The molecule has 9 heteroatoms. The van der Waals surface area contributed by atoms with Gasteiger partial charge in [-0.15, -0.1) is 0 Å². The first kappa shape index (κ1) is 23.7. The smallest absolute Gasteiger partial charge is 0.387 e. The zero-order valence-corrected chi connectivity index (χ0v) is 19.3. The van der Waals surface area contributed by atoms with Crippen LogP contribution in [0.1, 0.15) is 44.2 Å². The van der Waals surface area contributed by atoms with Gasteiger partial charge < -0.3 is 15.0 Å². The number of carbonyl (C=O) groups is 2. The summed E-state index contributed by atoms with van der Waals surface area (Å²) in [5.41, 5.74) is 1.21. The number of carbonyl (C=O) groups excluding carboxylic acids is 2. The van der Waals surface area contributed by atoms with Gasteiger partial charge in [0, 0.05) is 23.8 Å². The number of ether oxygens (including phenoxy) is 1. The minimum atomic E-state index is -3.15. The molecule has 1 unspecified atom stereocenters. The van der Waals surface area contributed by atoms with Crippen molar-refractivity contribution in [3.63, 3.8) is 0 Å². The van der Waals surface area contributed by atoms with E-state index in [4.69, 9.17) is 0 Å². The number of nitrogens with zero attached hydrogens (tertiary/aromatic N) is 1. The number of alkyl halides is 2. The number of benzene rings is 2. The molecule has 2 aliphatic carbocycles. The number of piperidine rings is 1. The molecule has 2 aromatic carbocycles. The van der Waals surface area contributed by atoms with Gasteiger partial charge in [-0.05, 0) is 62.1 Å². The molecule has 5 rings (SSSR count). The van der Waals surface area contributed by atoms with E-state index < -0.39 is 30.1 Å². The van der Waals surface area contributed by atoms with Gasteiger partial charge in [0.15, 0.2) is 11.6 Å². The molecule has 0 spiro atoms. The van der Waals surface area contributed by atoms with Crippen molar-refractivity contribution in [2.75, 3.05) is 5.32 Å². The van der Waals surface area contributed by atoms with E-state index in [-0.39, 0.29) is 35.6 Å². The van der Waals surface area contributed by atoms with Crippen LogP contribution in [0.3, 0.4) is 0 Å². The number of hydrogen-bond donors (Lipinski definition) is 2. The fraction of sp³-hybridized carbons (Fsp3) is 0.462. The van der Waals surface area contributed by atoms with E-state index in [1.54, 1.807) is 4.90 Å². The number of fused-ring (bicyclic) bond motifs is 1. The Morgan fingerprint density at radius 1 is 1.09 bits per heavy atom. The van der Waals surface area contributed by atoms with Gasteiger partial charge in [0.25, 0.3) is 0 Å². The lowest BCUT2D eigenvalue weighted by Gasteiger charge is -2.32. The van der Waals surface area contributed by atoms with Gasteiger partial charge in [-0.2, -0.15) is 8.78 Å². The fourth-order valence-electron chi connectivity index (χ4n) is 5.11. The molecule has 1 heterocycles. The van der Waals surface area contributed by atoms with Crippen molar-refractivity contribution in [1.29, 1.82) is 0 Å². The Kier molecular flexibility index (Phi) is 6.44. The maximum atomic E-state index is 14.1. The molecule has 2 amide bonds. The zero-order valence-electron chi connectivity index (χ0n) is 19.3. The minimum absolute atomic E-state index is 0.0208. The third kappa shape index (κ3) is 5.15. The normalized spacial score (nSPS) is 24.6. The molecule has 186 valence electrons. The molecule has 2 aromatic rings. The first-order chi connectivity index (χ1) is 16.8. The number of halogens is 3. The highest BCUT2D eigenvalue weighted by Gasteiger charge is 2.57. The molecule has 5 atom stereocenters. The molecule has 0 radical (unpaired) electrons. The highest BCUT2D eigenvalue weighted by atomic mass is 19.3. The van der Waals surface area contributed by atoms with Crippen LogP contribution in [-0.2, 0) is 9.59 Å². The molecule has 2 N–H and O–H groups in total. The SMILES string of the molecule is CC(N[C@H](C(=O)N1[C@@H](C(=O)Nc2ccc(OC(F)F)c(F)c2)C[C@H]2C[C@H]21)C1CC1)c1ccccc1. The number of hydrogen-bond acceptors (Lipinski definition) is 4. The number of amides is 2. The third-order valence-corrected chi connectivity index (χ3v) is 7.17. The number of nitrogens with one attached hydrogen (secondary N) is 2. The quantitative estimate of drug-likeness (QED) is 0.547. The molecule has 6 nitrogen and oxygen atoms in total. The lowest BCUT2D eigenvalue weighted by Crippen LogP contribution is -2.54. The Labute approximate surface area is 201 Å². The van der Waals surface area contributed by atoms with Crippen LogP contribution in [-0.4, -0.2) is 41.5 Å². The summed E-state index contributed by atoms with van der Waals surface area (Å²) in [5.74, 6) is -1.53.